The van der Waals surface area contributed by atoms with E-state index < -0.39 is 0 Å². The van der Waals surface area contributed by atoms with Crippen molar-refractivity contribution in [1.82, 2.24) is 18.9 Å². The highest BCUT2D eigenvalue weighted by Crippen LogP contribution is 2.50. The quantitative estimate of drug-likeness (QED) is 0.199. The predicted octanol–water partition coefficient (Wildman–Crippen LogP) is 11.1. The monoisotopic (exact) mass is 610 g/mol. The van der Waals surface area contributed by atoms with Gasteiger partial charge in [-0.05, 0) is 45.2 Å². The first-order chi connectivity index (χ1) is 23.8. The first-order valence-electron chi connectivity index (χ1n) is 16.4. The molecule has 4 nitrogen and oxygen atoms in total. The van der Waals surface area contributed by atoms with Crippen LogP contribution in [0.1, 0.15) is 0 Å². The fourth-order valence-electron chi connectivity index (χ4n) is 8.07. The van der Waals surface area contributed by atoms with Gasteiger partial charge in [-0.25, -0.2) is 9.97 Å². The standard InChI is InChI=1S/C44H26N4/c1-3-13-28(14-4-1)41-45-42(29-15-5-2-6-16-29)48-43(46-41)34-20-9-10-21-35(34)44(48)47-36-24-12-23-33-31-19-8-7-18-30(31)32-22-11-17-27-25-26-37(47)40(38(27)32)39(33)36/h1-26H. The van der Waals surface area contributed by atoms with Gasteiger partial charge in [-0.2, -0.15) is 0 Å². The van der Waals surface area contributed by atoms with Crippen LogP contribution in [-0.2, 0) is 0 Å². The van der Waals surface area contributed by atoms with Gasteiger partial charge in [-0.1, -0.05) is 146 Å². The van der Waals surface area contributed by atoms with E-state index in [0.29, 0.717) is 5.82 Å². The fourth-order valence-corrected chi connectivity index (χ4v) is 8.07. The van der Waals surface area contributed by atoms with Crippen molar-refractivity contribution in [3.63, 3.8) is 0 Å². The highest BCUT2D eigenvalue weighted by molar-refractivity contribution is 6.30. The molecule has 0 fully saturated rings. The van der Waals surface area contributed by atoms with Crippen molar-refractivity contribution in [1.29, 1.82) is 0 Å². The number of hydrogen-bond acceptors (Lipinski definition) is 2. The van der Waals surface area contributed by atoms with Gasteiger partial charge in [0, 0.05) is 32.7 Å². The molecule has 10 aromatic rings. The number of aromatic nitrogens is 4. The van der Waals surface area contributed by atoms with Gasteiger partial charge in [0.15, 0.2) is 11.5 Å². The maximum atomic E-state index is 5.33. The molecule has 3 heterocycles. The van der Waals surface area contributed by atoms with E-state index in [0.717, 1.165) is 44.7 Å². The Bertz CT molecular complexity index is 2930. The Morgan fingerprint density at radius 2 is 1.00 bits per heavy atom. The molecule has 7 aromatic carbocycles. The number of hydrogen-bond donors (Lipinski definition) is 0. The van der Waals surface area contributed by atoms with Crippen LogP contribution >= 0.6 is 0 Å². The summed E-state index contributed by atoms with van der Waals surface area (Å²) in [5, 5.41) is 7.33. The third-order valence-electron chi connectivity index (χ3n) is 10.0. The molecule has 0 radical (unpaired) electrons. The summed E-state index contributed by atoms with van der Waals surface area (Å²) in [6, 6.07) is 56.4. The van der Waals surface area contributed by atoms with Crippen molar-refractivity contribution < 1.29 is 0 Å². The van der Waals surface area contributed by atoms with Gasteiger partial charge >= 0.3 is 0 Å². The summed E-state index contributed by atoms with van der Waals surface area (Å²) >= 11 is 0. The Morgan fingerprint density at radius 1 is 0.396 bits per heavy atom. The number of rotatable bonds is 3. The Labute approximate surface area is 275 Å². The molecule has 0 atom stereocenters. The third-order valence-corrected chi connectivity index (χ3v) is 10.0. The average molecular weight is 611 g/mol. The minimum Gasteiger partial charge on any atom is -0.294 e. The second-order valence-corrected chi connectivity index (χ2v) is 12.6. The van der Waals surface area contributed by atoms with Crippen molar-refractivity contribution in [3.8, 4) is 50.8 Å². The van der Waals surface area contributed by atoms with Gasteiger partial charge < -0.3 is 0 Å². The summed E-state index contributed by atoms with van der Waals surface area (Å²) in [6.45, 7) is 0. The summed E-state index contributed by atoms with van der Waals surface area (Å²) < 4.78 is 4.75. The predicted molar refractivity (Wildman–Crippen MR) is 198 cm³/mol. The summed E-state index contributed by atoms with van der Waals surface area (Å²) in [4.78, 5) is 10.6. The van der Waals surface area contributed by atoms with Crippen LogP contribution in [-0.4, -0.2) is 18.9 Å². The second kappa shape index (κ2) is 9.50. The molecular weight excluding hydrogens is 585 g/mol. The smallest absolute Gasteiger partial charge is 0.163 e. The third kappa shape index (κ3) is 3.33. The fraction of sp³-hybridized carbons (Fsp3) is 0. The Balaban J connectivity index is 1.38. The molecule has 11 rings (SSSR count). The first kappa shape index (κ1) is 25.6. The Morgan fingerprint density at radius 3 is 1.77 bits per heavy atom. The topological polar surface area (TPSA) is 35.1 Å². The largest absolute Gasteiger partial charge is 0.294 e. The first-order valence-corrected chi connectivity index (χ1v) is 16.4. The molecule has 0 aliphatic heterocycles. The zero-order chi connectivity index (χ0) is 31.3. The van der Waals surface area contributed by atoms with E-state index in [4.69, 9.17) is 9.97 Å². The summed E-state index contributed by atoms with van der Waals surface area (Å²) in [6.07, 6.45) is 0. The molecular formula is C44H26N4. The lowest BCUT2D eigenvalue weighted by molar-refractivity contribution is 0.986. The van der Waals surface area contributed by atoms with Crippen LogP contribution in [0.4, 0.5) is 0 Å². The van der Waals surface area contributed by atoms with E-state index >= 15 is 0 Å². The summed E-state index contributed by atoms with van der Waals surface area (Å²) in [5.41, 5.74) is 10.3. The molecule has 1 aliphatic carbocycles. The minimum absolute atomic E-state index is 0.711. The van der Waals surface area contributed by atoms with Gasteiger partial charge in [0.2, 0.25) is 0 Å². The molecule has 0 amide bonds. The SMILES string of the molecule is c1ccc(-c2nc(-c3ccccc3)n3c(-n4c5cccc6c5c5c7c(cccc7ccc54)-c4ccccc4-6)c4ccccc4c3n2)cc1. The number of fused-ring (bicyclic) bond motifs is 6. The Hall–Kier alpha value is -6.52. The van der Waals surface area contributed by atoms with Crippen molar-refractivity contribution in [2.45, 2.75) is 0 Å². The van der Waals surface area contributed by atoms with E-state index in [1.165, 1.54) is 49.3 Å². The molecule has 3 aromatic heterocycles. The van der Waals surface area contributed by atoms with Crippen molar-refractivity contribution in [2.75, 3.05) is 0 Å². The van der Waals surface area contributed by atoms with Crippen LogP contribution in [0.3, 0.4) is 0 Å². The molecule has 0 unspecified atom stereocenters. The van der Waals surface area contributed by atoms with Gasteiger partial charge in [-0.3, -0.25) is 8.97 Å². The average Bonchev–Trinajstić information content (AvgIpc) is 3.63. The molecule has 48 heavy (non-hydrogen) atoms. The lowest BCUT2D eigenvalue weighted by atomic mass is 9.93. The van der Waals surface area contributed by atoms with E-state index in [1.54, 1.807) is 0 Å². The van der Waals surface area contributed by atoms with Crippen molar-refractivity contribution >= 4 is 49.0 Å². The maximum Gasteiger partial charge on any atom is 0.163 e. The molecule has 0 saturated heterocycles. The maximum absolute atomic E-state index is 5.33. The van der Waals surface area contributed by atoms with Crippen LogP contribution < -0.4 is 0 Å². The molecule has 0 saturated carbocycles. The number of nitrogens with zero attached hydrogens (tertiary/aromatic N) is 4. The molecule has 4 heteroatoms. The van der Waals surface area contributed by atoms with Crippen LogP contribution in [0.15, 0.2) is 158 Å². The minimum atomic E-state index is 0.711. The molecule has 0 bridgehead atoms. The van der Waals surface area contributed by atoms with Gasteiger partial charge in [-0.15, -0.1) is 0 Å². The molecule has 0 N–H and O–H groups in total. The van der Waals surface area contributed by atoms with Crippen LogP contribution in [0.2, 0.25) is 0 Å². The molecule has 222 valence electrons. The summed E-state index contributed by atoms with van der Waals surface area (Å²) in [7, 11) is 0. The van der Waals surface area contributed by atoms with Crippen LogP contribution in [0.25, 0.3) is 99.8 Å². The second-order valence-electron chi connectivity index (χ2n) is 12.6. The highest BCUT2D eigenvalue weighted by atomic mass is 15.2. The van der Waals surface area contributed by atoms with E-state index in [2.05, 4.69) is 148 Å². The lowest BCUT2D eigenvalue weighted by Gasteiger charge is -2.16. The van der Waals surface area contributed by atoms with Crippen molar-refractivity contribution in [3.05, 3.63) is 158 Å². The summed E-state index contributed by atoms with van der Waals surface area (Å²) in [5.74, 6) is 2.61. The molecule has 0 spiro atoms. The van der Waals surface area contributed by atoms with Gasteiger partial charge in [0.05, 0.1) is 11.0 Å². The normalized spacial score (nSPS) is 12.2. The van der Waals surface area contributed by atoms with Crippen LogP contribution in [0.5, 0.6) is 0 Å². The van der Waals surface area contributed by atoms with E-state index in [1.807, 2.05) is 18.2 Å². The molecule has 1 aliphatic rings. The lowest BCUT2D eigenvalue weighted by Crippen LogP contribution is -2.06. The van der Waals surface area contributed by atoms with Crippen LogP contribution in [0, 0.1) is 0 Å². The highest BCUT2D eigenvalue weighted by Gasteiger charge is 2.28. The zero-order valence-electron chi connectivity index (χ0n) is 25.8. The van der Waals surface area contributed by atoms with Crippen molar-refractivity contribution in [2.24, 2.45) is 0 Å². The van der Waals surface area contributed by atoms with E-state index in [9.17, 15) is 0 Å². The number of benzene rings is 7. The Kier molecular flexibility index (Phi) is 5.08. The zero-order valence-corrected chi connectivity index (χ0v) is 25.8. The van der Waals surface area contributed by atoms with E-state index in [-0.39, 0.29) is 0 Å². The van der Waals surface area contributed by atoms with Gasteiger partial charge in [0.1, 0.15) is 11.6 Å². The van der Waals surface area contributed by atoms with Gasteiger partial charge in [0.25, 0.3) is 0 Å².